The van der Waals surface area contributed by atoms with Crippen LogP contribution in [0, 0.1) is 0 Å². The molecule has 0 saturated heterocycles. The van der Waals surface area contributed by atoms with Crippen molar-refractivity contribution in [3.63, 3.8) is 0 Å². The highest BCUT2D eigenvalue weighted by Gasteiger charge is 2.23. The first kappa shape index (κ1) is 43.3. The van der Waals surface area contributed by atoms with Crippen LogP contribution >= 0.6 is 0 Å². The molecule has 59 heavy (non-hydrogen) atoms. The van der Waals surface area contributed by atoms with Crippen molar-refractivity contribution in [3.05, 3.63) is 167 Å². The summed E-state index contributed by atoms with van der Waals surface area (Å²) in [6, 6.07) is 52.3. The molecule has 0 atom stereocenters. The van der Waals surface area contributed by atoms with Gasteiger partial charge in [0, 0.05) is 34.1 Å². The molecule has 6 aromatic carbocycles. The molecule has 3 nitrogen and oxygen atoms in total. The predicted octanol–water partition coefficient (Wildman–Crippen LogP) is 16.9. The fraction of sp³-hybridized carbons (Fsp3) is 0.357. The van der Waals surface area contributed by atoms with Gasteiger partial charge in [-0.25, -0.2) is 0 Å². The van der Waals surface area contributed by atoms with E-state index >= 15 is 0 Å². The van der Waals surface area contributed by atoms with Crippen LogP contribution in [0.5, 0.6) is 0 Å². The van der Waals surface area contributed by atoms with Crippen molar-refractivity contribution in [2.75, 3.05) is 15.1 Å². The van der Waals surface area contributed by atoms with Crippen LogP contribution in [0.1, 0.15) is 132 Å². The lowest BCUT2D eigenvalue weighted by atomic mass is 9.86. The van der Waals surface area contributed by atoms with Crippen LogP contribution in [0.15, 0.2) is 140 Å². The second-order valence-electron chi connectivity index (χ2n) is 21.5. The summed E-state index contributed by atoms with van der Waals surface area (Å²) < 4.78 is 0. The van der Waals surface area contributed by atoms with Gasteiger partial charge in [0.1, 0.15) is 0 Å². The number of anilines is 8. The van der Waals surface area contributed by atoms with Gasteiger partial charge in [0.05, 0.1) is 11.4 Å². The second-order valence-corrected chi connectivity index (χ2v) is 21.5. The van der Waals surface area contributed by atoms with Crippen molar-refractivity contribution in [2.24, 2.45) is 0 Å². The van der Waals surface area contributed by atoms with Crippen LogP contribution < -0.4 is 15.1 Å². The quantitative estimate of drug-likeness (QED) is 0.166. The number of hydrogen-bond acceptors (Lipinski definition) is 3. The molecule has 6 aromatic rings. The zero-order valence-corrected chi connectivity index (χ0v) is 38.7. The number of benzene rings is 6. The van der Waals surface area contributed by atoms with E-state index in [-0.39, 0.29) is 27.1 Å². The van der Waals surface area contributed by atoms with E-state index in [1.165, 1.54) is 27.8 Å². The summed E-state index contributed by atoms with van der Waals surface area (Å²) >= 11 is 0. The van der Waals surface area contributed by atoms with E-state index in [0.29, 0.717) is 0 Å². The monoisotopic (exact) mass is 784 g/mol. The van der Waals surface area contributed by atoms with Gasteiger partial charge in [-0.3, -0.25) is 0 Å². The van der Waals surface area contributed by atoms with Gasteiger partial charge < -0.3 is 15.1 Å². The Bertz CT molecular complexity index is 2060. The summed E-state index contributed by atoms with van der Waals surface area (Å²) in [5.74, 6) is 0. The fourth-order valence-corrected chi connectivity index (χ4v) is 7.48. The van der Waals surface area contributed by atoms with E-state index in [9.17, 15) is 0 Å². The van der Waals surface area contributed by atoms with Crippen molar-refractivity contribution in [3.8, 4) is 0 Å². The molecule has 0 bridgehead atoms. The zero-order chi connectivity index (χ0) is 43.1. The first-order valence-electron chi connectivity index (χ1n) is 21.4. The van der Waals surface area contributed by atoms with Crippen molar-refractivity contribution in [2.45, 2.75) is 131 Å². The summed E-state index contributed by atoms with van der Waals surface area (Å²) in [4.78, 5) is 4.81. The van der Waals surface area contributed by atoms with E-state index in [1.54, 1.807) is 0 Å². The van der Waals surface area contributed by atoms with Crippen LogP contribution in [0.3, 0.4) is 0 Å². The standard InChI is InChI=1S/C56H69N3/c1-52(2,3)39-16-26-44(27-17-39)57-45-36-50(58(46-28-18-40(19-29-46)53(4,5)6)47-30-20-41(21-31-47)54(7,8)9)38-51(37-45)59(48-32-22-42(23-33-48)55(10,11)12)49-34-24-43(25-35-49)56(13,14)15/h16-38,57H,1-15H3. The molecule has 1 N–H and O–H groups in total. The molecule has 0 unspecified atom stereocenters. The molecule has 0 aliphatic rings. The minimum Gasteiger partial charge on any atom is -0.355 e. The van der Waals surface area contributed by atoms with Crippen molar-refractivity contribution in [1.82, 2.24) is 0 Å². The normalized spacial score (nSPS) is 12.7. The van der Waals surface area contributed by atoms with Gasteiger partial charge in [0.25, 0.3) is 0 Å². The van der Waals surface area contributed by atoms with E-state index < -0.39 is 0 Å². The zero-order valence-electron chi connectivity index (χ0n) is 38.7. The molecular weight excluding hydrogens is 715 g/mol. The topological polar surface area (TPSA) is 18.5 Å². The van der Waals surface area contributed by atoms with Crippen LogP contribution in [0.2, 0.25) is 0 Å². The van der Waals surface area contributed by atoms with Crippen LogP contribution in [0.4, 0.5) is 45.5 Å². The Hall–Kier alpha value is -5.28. The van der Waals surface area contributed by atoms with Gasteiger partial charge in [0.2, 0.25) is 0 Å². The molecule has 0 heterocycles. The third kappa shape index (κ3) is 10.3. The first-order valence-corrected chi connectivity index (χ1v) is 21.4. The molecule has 0 aliphatic carbocycles. The summed E-state index contributed by atoms with van der Waals surface area (Å²) in [5, 5.41) is 3.84. The second kappa shape index (κ2) is 16.1. The lowest BCUT2D eigenvalue weighted by molar-refractivity contribution is 0.590. The smallest absolute Gasteiger partial charge is 0.0503 e. The van der Waals surface area contributed by atoms with Crippen LogP contribution in [-0.4, -0.2) is 0 Å². The summed E-state index contributed by atoms with van der Waals surface area (Å²) in [6.07, 6.45) is 0. The Labute approximate surface area is 357 Å². The van der Waals surface area contributed by atoms with Crippen molar-refractivity contribution in [1.29, 1.82) is 0 Å². The Balaban J connectivity index is 1.60. The maximum absolute atomic E-state index is 3.84. The minimum absolute atomic E-state index is 0.0445. The van der Waals surface area contributed by atoms with E-state index in [2.05, 4.69) is 258 Å². The SMILES string of the molecule is CC(C)(C)c1ccc(Nc2cc(N(c3ccc(C(C)(C)C)cc3)c3ccc(C(C)(C)C)cc3)cc(N(c3ccc(C(C)(C)C)cc3)c3ccc(C(C)(C)C)cc3)c2)cc1. The van der Waals surface area contributed by atoms with Crippen LogP contribution in [0.25, 0.3) is 0 Å². The summed E-state index contributed by atoms with van der Waals surface area (Å²) in [7, 11) is 0. The Kier molecular flexibility index (Phi) is 11.8. The predicted molar refractivity (Wildman–Crippen MR) is 259 cm³/mol. The Morgan fingerprint density at radius 3 is 0.695 bits per heavy atom. The molecule has 0 aliphatic heterocycles. The number of rotatable bonds is 8. The molecule has 308 valence electrons. The summed E-state index contributed by atoms with van der Waals surface area (Å²) in [5.41, 5.74) is 15.4. The minimum atomic E-state index is 0.0445. The molecule has 6 rings (SSSR count). The molecule has 3 heteroatoms. The van der Waals surface area contributed by atoms with Gasteiger partial charge in [0.15, 0.2) is 0 Å². The molecule has 0 radical (unpaired) electrons. The lowest BCUT2D eigenvalue weighted by Gasteiger charge is -2.32. The van der Waals surface area contributed by atoms with Crippen LogP contribution in [-0.2, 0) is 27.1 Å². The van der Waals surface area contributed by atoms with Gasteiger partial charge in [-0.05, 0) is 134 Å². The van der Waals surface area contributed by atoms with Gasteiger partial charge >= 0.3 is 0 Å². The van der Waals surface area contributed by atoms with Gasteiger partial charge in [-0.2, -0.15) is 0 Å². The Morgan fingerprint density at radius 1 is 0.254 bits per heavy atom. The Morgan fingerprint density at radius 2 is 0.475 bits per heavy atom. The number of hydrogen-bond donors (Lipinski definition) is 1. The molecule has 0 spiro atoms. The lowest BCUT2D eigenvalue weighted by Crippen LogP contribution is -2.16. The third-order valence-electron chi connectivity index (χ3n) is 11.4. The molecule has 0 aromatic heterocycles. The average molecular weight is 784 g/mol. The fourth-order valence-electron chi connectivity index (χ4n) is 7.48. The van der Waals surface area contributed by atoms with Crippen molar-refractivity contribution < 1.29 is 0 Å². The summed E-state index contributed by atoms with van der Waals surface area (Å²) in [6.45, 7) is 34.1. The van der Waals surface area contributed by atoms with Gasteiger partial charge in [-0.15, -0.1) is 0 Å². The average Bonchev–Trinajstić information content (AvgIpc) is 3.14. The number of nitrogens with zero attached hydrogens (tertiary/aromatic N) is 2. The van der Waals surface area contributed by atoms with E-state index in [4.69, 9.17) is 0 Å². The largest absolute Gasteiger partial charge is 0.355 e. The third-order valence-corrected chi connectivity index (χ3v) is 11.4. The highest BCUT2D eigenvalue weighted by Crippen LogP contribution is 2.44. The molecule has 0 saturated carbocycles. The maximum Gasteiger partial charge on any atom is 0.0503 e. The van der Waals surface area contributed by atoms with Crippen molar-refractivity contribution >= 4 is 45.5 Å². The van der Waals surface area contributed by atoms with E-state index in [0.717, 1.165) is 45.5 Å². The number of nitrogens with one attached hydrogen (secondary N) is 1. The molecular formula is C56H69N3. The molecule has 0 amide bonds. The van der Waals surface area contributed by atoms with Gasteiger partial charge in [-0.1, -0.05) is 165 Å². The first-order chi connectivity index (χ1) is 27.4. The van der Waals surface area contributed by atoms with E-state index in [1.807, 2.05) is 0 Å². The maximum atomic E-state index is 3.84. The molecule has 0 fully saturated rings. The highest BCUT2D eigenvalue weighted by atomic mass is 15.2. The highest BCUT2D eigenvalue weighted by molar-refractivity contribution is 5.87.